The quantitative estimate of drug-likeness (QED) is 0.683. The van der Waals surface area contributed by atoms with Crippen LogP contribution in [0, 0.1) is 5.92 Å². The molecular weight excluding hydrogens is 379 g/mol. The average molecular weight is 399 g/mol. The van der Waals surface area contributed by atoms with E-state index in [1.54, 1.807) is 13.0 Å². The molecule has 3 aliphatic rings. The predicted molar refractivity (Wildman–Crippen MR) is 95.9 cm³/mol. The number of hydrogen-bond acceptors (Lipinski definition) is 3. The summed E-state index contributed by atoms with van der Waals surface area (Å²) in [5, 5.41) is 7.97. The third-order valence-electron chi connectivity index (χ3n) is 5.15. The lowest BCUT2D eigenvalue weighted by Crippen LogP contribution is -2.58. The summed E-state index contributed by atoms with van der Waals surface area (Å²) >= 11 is 12.1. The molecule has 1 aromatic rings. The average Bonchev–Trinajstić information content (AvgIpc) is 3.38. The van der Waals surface area contributed by atoms with Crippen LogP contribution < -0.4 is 16.0 Å². The van der Waals surface area contributed by atoms with Crippen LogP contribution in [0.25, 0.3) is 0 Å². The number of carbonyl (C=O) groups excluding carboxylic acids is 3. The van der Waals surface area contributed by atoms with Gasteiger partial charge in [0, 0.05) is 6.50 Å². The highest BCUT2D eigenvalue weighted by Crippen LogP contribution is 2.41. The molecule has 0 radical (unpaired) electrons. The van der Waals surface area contributed by atoms with E-state index in [2.05, 4.69) is 16.0 Å². The minimum absolute atomic E-state index is 0.0539. The van der Waals surface area contributed by atoms with Gasteiger partial charge in [0.2, 0.25) is 0 Å². The highest BCUT2D eigenvalue weighted by molar-refractivity contribution is 6.42. The van der Waals surface area contributed by atoms with Crippen LogP contribution in [-0.4, -0.2) is 35.0 Å². The molecule has 0 spiro atoms. The summed E-state index contributed by atoms with van der Waals surface area (Å²) < 4.78 is 16.9. The Morgan fingerprint density at radius 3 is 2.69 bits per heavy atom. The molecular formula is C17H18Cl2N4O3. The zero-order chi connectivity index (χ0) is 20.4. The maximum Gasteiger partial charge on any atom is 0.322 e. The maximum absolute atomic E-state index is 12.9. The lowest BCUT2D eigenvalue weighted by atomic mass is 9.93. The largest absolute Gasteiger partial charge is 0.335 e. The Balaban J connectivity index is 1.57. The Morgan fingerprint density at radius 2 is 2.08 bits per heavy atom. The van der Waals surface area contributed by atoms with E-state index in [4.69, 9.17) is 25.9 Å². The van der Waals surface area contributed by atoms with Crippen molar-refractivity contribution in [2.75, 3.05) is 6.54 Å². The second-order valence-corrected chi connectivity index (χ2v) is 7.64. The number of rotatable bonds is 3. The second-order valence-electron chi connectivity index (χ2n) is 6.82. The molecule has 1 aromatic carbocycles. The smallest absolute Gasteiger partial charge is 0.322 e. The van der Waals surface area contributed by atoms with Gasteiger partial charge in [-0.1, -0.05) is 23.2 Å². The number of carbonyl (C=O) groups is 3. The summed E-state index contributed by atoms with van der Waals surface area (Å²) in [5.74, 6) is -0.526. The minimum Gasteiger partial charge on any atom is -0.335 e. The monoisotopic (exact) mass is 398 g/mol. The Morgan fingerprint density at radius 1 is 1.38 bits per heavy atom. The van der Waals surface area contributed by atoms with E-state index in [-0.39, 0.29) is 28.1 Å². The normalized spacial score (nSPS) is 30.3. The predicted octanol–water partition coefficient (Wildman–Crippen LogP) is 2.57. The molecule has 2 aliphatic heterocycles. The standard InChI is InChI=1S/C17H18Cl2N4O3/c1-8-11-5-13(19)12(18)4-9(11)6-23(8)16(26)20-7-17(10-2-3-10)14(24)21-15(25)22-17/h4-5,8,10H,2-3,6-7H2,1H3,(H,20,26)(H2,21,22,24,25)/t8?,17-/m0/s1/i6D2. The van der Waals surface area contributed by atoms with Crippen molar-refractivity contribution in [3.63, 3.8) is 0 Å². The summed E-state index contributed by atoms with van der Waals surface area (Å²) in [5.41, 5.74) is -0.353. The Labute approximate surface area is 163 Å². The van der Waals surface area contributed by atoms with Crippen LogP contribution in [-0.2, 0) is 11.3 Å². The van der Waals surface area contributed by atoms with Crippen LogP contribution in [0.1, 0.15) is 39.7 Å². The van der Waals surface area contributed by atoms with E-state index >= 15 is 0 Å². The molecule has 2 fully saturated rings. The molecule has 0 aromatic heterocycles. The Bertz CT molecular complexity index is 909. The molecule has 7 nitrogen and oxygen atoms in total. The van der Waals surface area contributed by atoms with E-state index < -0.39 is 36.0 Å². The second kappa shape index (κ2) is 6.03. The molecule has 2 atom stereocenters. The van der Waals surface area contributed by atoms with Gasteiger partial charge in [-0.3, -0.25) is 10.1 Å². The third-order valence-corrected chi connectivity index (χ3v) is 5.87. The highest BCUT2D eigenvalue weighted by Gasteiger charge is 2.56. The van der Waals surface area contributed by atoms with Crippen LogP contribution in [0.4, 0.5) is 9.59 Å². The van der Waals surface area contributed by atoms with Crippen molar-refractivity contribution >= 4 is 41.2 Å². The summed E-state index contributed by atoms with van der Waals surface area (Å²) in [4.78, 5) is 37.9. The van der Waals surface area contributed by atoms with Crippen molar-refractivity contribution in [1.29, 1.82) is 0 Å². The van der Waals surface area contributed by atoms with E-state index in [0.717, 1.165) is 17.7 Å². The lowest BCUT2D eigenvalue weighted by molar-refractivity contribution is -0.124. The van der Waals surface area contributed by atoms with Gasteiger partial charge in [0.1, 0.15) is 5.54 Å². The van der Waals surface area contributed by atoms with Crippen LogP contribution in [0.15, 0.2) is 12.1 Å². The van der Waals surface area contributed by atoms with Crippen LogP contribution in [0.5, 0.6) is 0 Å². The third kappa shape index (κ3) is 2.70. The van der Waals surface area contributed by atoms with Crippen molar-refractivity contribution in [1.82, 2.24) is 20.9 Å². The fourth-order valence-electron chi connectivity index (χ4n) is 3.53. The highest BCUT2D eigenvalue weighted by atomic mass is 35.5. The van der Waals surface area contributed by atoms with Gasteiger partial charge in [-0.05, 0) is 48.9 Å². The molecule has 9 heteroatoms. The molecule has 1 unspecified atom stereocenters. The number of nitrogens with zero attached hydrogens (tertiary/aromatic N) is 1. The fourth-order valence-corrected chi connectivity index (χ4v) is 3.87. The zero-order valence-corrected chi connectivity index (χ0v) is 15.4. The minimum atomic E-state index is -2.11. The number of benzene rings is 1. The maximum atomic E-state index is 12.9. The summed E-state index contributed by atoms with van der Waals surface area (Å²) in [6.45, 7) is -0.541. The van der Waals surface area contributed by atoms with E-state index in [9.17, 15) is 14.4 Å². The van der Waals surface area contributed by atoms with Gasteiger partial charge in [0.05, 0.1) is 25.4 Å². The van der Waals surface area contributed by atoms with E-state index in [0.29, 0.717) is 5.56 Å². The van der Waals surface area contributed by atoms with Crippen molar-refractivity contribution in [3.8, 4) is 0 Å². The van der Waals surface area contributed by atoms with Crippen LogP contribution >= 0.6 is 23.2 Å². The topological polar surface area (TPSA) is 90.5 Å². The fraction of sp³-hybridized carbons (Fsp3) is 0.471. The van der Waals surface area contributed by atoms with E-state index in [1.807, 2.05) is 0 Å². The van der Waals surface area contributed by atoms with Gasteiger partial charge >= 0.3 is 12.1 Å². The molecule has 138 valence electrons. The zero-order valence-electron chi connectivity index (χ0n) is 15.9. The number of halogens is 2. The first kappa shape index (κ1) is 15.1. The first-order valence-electron chi connectivity index (χ1n) is 9.28. The molecule has 1 saturated carbocycles. The van der Waals surface area contributed by atoms with Crippen LogP contribution in [0.2, 0.25) is 10.0 Å². The molecule has 5 amide bonds. The number of urea groups is 2. The van der Waals surface area contributed by atoms with Gasteiger partial charge in [0.25, 0.3) is 5.91 Å². The summed E-state index contributed by atoms with van der Waals surface area (Å²) in [6, 6.07) is 1.12. The molecule has 3 N–H and O–H groups in total. The molecule has 26 heavy (non-hydrogen) atoms. The number of imide groups is 1. The van der Waals surface area contributed by atoms with Gasteiger partial charge < -0.3 is 15.5 Å². The number of fused-ring (bicyclic) bond motifs is 1. The van der Waals surface area contributed by atoms with Gasteiger partial charge in [0.15, 0.2) is 0 Å². The first-order valence-corrected chi connectivity index (χ1v) is 9.03. The van der Waals surface area contributed by atoms with Gasteiger partial charge in [-0.25, -0.2) is 9.59 Å². The van der Waals surface area contributed by atoms with Crippen molar-refractivity contribution in [2.24, 2.45) is 5.92 Å². The van der Waals surface area contributed by atoms with Crippen LogP contribution in [0.3, 0.4) is 0 Å². The van der Waals surface area contributed by atoms with Crippen molar-refractivity contribution in [3.05, 3.63) is 33.3 Å². The first-order chi connectivity index (χ1) is 13.1. The number of amides is 5. The van der Waals surface area contributed by atoms with Crippen molar-refractivity contribution < 1.29 is 17.1 Å². The molecule has 1 aliphatic carbocycles. The molecule has 0 bridgehead atoms. The van der Waals surface area contributed by atoms with Crippen molar-refractivity contribution in [2.45, 2.75) is 37.8 Å². The Kier molecular flexibility index (Phi) is 3.50. The van der Waals surface area contributed by atoms with Gasteiger partial charge in [-0.15, -0.1) is 0 Å². The molecule has 2 heterocycles. The molecule has 1 saturated heterocycles. The number of nitrogens with one attached hydrogen (secondary N) is 3. The van der Waals surface area contributed by atoms with E-state index in [1.165, 1.54) is 6.07 Å². The SMILES string of the molecule is [2H]C1([2H])c2cc(Cl)c(Cl)cc2C(C)N1C(=O)NC[C@@]1(C2CC2)NC(=O)NC1=O. The summed E-state index contributed by atoms with van der Waals surface area (Å²) in [6.07, 6.45) is 1.54. The number of hydrogen-bond donors (Lipinski definition) is 3. The van der Waals surface area contributed by atoms with Gasteiger partial charge in [-0.2, -0.15) is 0 Å². The lowest BCUT2D eigenvalue weighted by Gasteiger charge is -2.29. The molecule has 4 rings (SSSR count). The summed E-state index contributed by atoms with van der Waals surface area (Å²) in [7, 11) is 0. The Hall–Kier alpha value is -1.99.